The third-order valence-corrected chi connectivity index (χ3v) is 2.87. The lowest BCUT2D eigenvalue weighted by Crippen LogP contribution is -2.86. The van der Waals surface area contributed by atoms with E-state index in [1.54, 1.807) is 0 Å². The molecule has 0 radical (unpaired) electrons. The first kappa shape index (κ1) is 9.41. The SMILES string of the molecule is O=C(c1ccccc1)C1CC[NH2+]CC1. The van der Waals surface area contributed by atoms with Crippen LogP contribution in [0.4, 0.5) is 0 Å². The van der Waals surface area contributed by atoms with Crippen LogP contribution in [0, 0.1) is 5.92 Å². The lowest BCUT2D eigenvalue weighted by Gasteiger charge is -2.18. The van der Waals surface area contributed by atoms with Crippen LogP contribution in [-0.2, 0) is 0 Å². The molecular weight excluding hydrogens is 174 g/mol. The fourth-order valence-corrected chi connectivity index (χ4v) is 2.03. The predicted octanol–water partition coefficient (Wildman–Crippen LogP) is 0.843. The molecule has 1 saturated heterocycles. The molecule has 74 valence electrons. The molecule has 0 unspecified atom stereocenters. The van der Waals surface area contributed by atoms with Crippen molar-refractivity contribution in [3.8, 4) is 0 Å². The molecule has 1 aliphatic rings. The third-order valence-electron chi connectivity index (χ3n) is 2.87. The highest BCUT2D eigenvalue weighted by molar-refractivity contribution is 5.97. The van der Waals surface area contributed by atoms with Crippen LogP contribution in [0.5, 0.6) is 0 Å². The van der Waals surface area contributed by atoms with E-state index in [2.05, 4.69) is 5.32 Å². The number of nitrogens with two attached hydrogens (primary N) is 1. The van der Waals surface area contributed by atoms with Crippen molar-refractivity contribution in [1.29, 1.82) is 0 Å². The van der Waals surface area contributed by atoms with Gasteiger partial charge in [-0.25, -0.2) is 0 Å². The maximum Gasteiger partial charge on any atom is 0.166 e. The maximum absolute atomic E-state index is 12.0. The molecule has 14 heavy (non-hydrogen) atoms. The Hall–Kier alpha value is -1.15. The van der Waals surface area contributed by atoms with Crippen molar-refractivity contribution in [1.82, 2.24) is 0 Å². The second-order valence-corrected chi connectivity index (χ2v) is 3.87. The third kappa shape index (κ3) is 2.02. The van der Waals surface area contributed by atoms with E-state index in [0.29, 0.717) is 5.78 Å². The van der Waals surface area contributed by atoms with Crippen LogP contribution in [-0.4, -0.2) is 18.9 Å². The van der Waals surface area contributed by atoms with Gasteiger partial charge in [-0.1, -0.05) is 30.3 Å². The molecule has 1 aromatic carbocycles. The first-order valence-electron chi connectivity index (χ1n) is 5.29. The summed E-state index contributed by atoms with van der Waals surface area (Å²) in [6, 6.07) is 9.65. The van der Waals surface area contributed by atoms with Gasteiger partial charge in [-0.15, -0.1) is 0 Å². The zero-order valence-corrected chi connectivity index (χ0v) is 8.28. The summed E-state index contributed by atoms with van der Waals surface area (Å²) in [4.78, 5) is 12.0. The predicted molar refractivity (Wildman–Crippen MR) is 55.2 cm³/mol. The number of carbonyl (C=O) groups is 1. The Kier molecular flexibility index (Phi) is 2.94. The summed E-state index contributed by atoms with van der Waals surface area (Å²) in [6.07, 6.45) is 2.07. The van der Waals surface area contributed by atoms with Crippen molar-refractivity contribution >= 4 is 5.78 Å². The molecule has 2 heteroatoms. The Bertz CT molecular complexity index is 301. The number of benzene rings is 1. The largest absolute Gasteiger partial charge is 0.346 e. The van der Waals surface area contributed by atoms with Gasteiger partial charge in [0.05, 0.1) is 13.1 Å². The minimum Gasteiger partial charge on any atom is -0.346 e. The zero-order chi connectivity index (χ0) is 9.80. The number of rotatable bonds is 2. The highest BCUT2D eigenvalue weighted by Crippen LogP contribution is 2.15. The van der Waals surface area contributed by atoms with Gasteiger partial charge in [-0.05, 0) is 0 Å². The number of carbonyl (C=O) groups excluding carboxylic acids is 1. The van der Waals surface area contributed by atoms with Crippen molar-refractivity contribution in [2.45, 2.75) is 12.8 Å². The molecule has 1 heterocycles. The van der Waals surface area contributed by atoms with Crippen LogP contribution in [0.2, 0.25) is 0 Å². The number of hydrogen-bond donors (Lipinski definition) is 1. The van der Waals surface area contributed by atoms with Crippen LogP contribution in [0.15, 0.2) is 30.3 Å². The van der Waals surface area contributed by atoms with Crippen molar-refractivity contribution in [2.24, 2.45) is 5.92 Å². The minimum atomic E-state index is 0.266. The summed E-state index contributed by atoms with van der Waals surface area (Å²) < 4.78 is 0. The molecule has 0 saturated carbocycles. The van der Waals surface area contributed by atoms with E-state index in [-0.39, 0.29) is 5.92 Å². The average Bonchev–Trinajstić information content (AvgIpc) is 2.30. The molecule has 0 spiro atoms. The standard InChI is InChI=1S/C12H15NO/c14-12(10-4-2-1-3-5-10)11-6-8-13-9-7-11/h1-5,11,13H,6-9H2/p+1. The second-order valence-electron chi connectivity index (χ2n) is 3.87. The van der Waals surface area contributed by atoms with Crippen LogP contribution < -0.4 is 5.32 Å². The molecule has 2 nitrogen and oxygen atoms in total. The van der Waals surface area contributed by atoms with Crippen LogP contribution in [0.1, 0.15) is 23.2 Å². The Morgan fingerprint density at radius 2 is 1.79 bits per heavy atom. The molecule has 2 N–H and O–H groups in total. The number of Topliss-reactive ketones (excluding diaryl/α,β-unsaturated/α-hetero) is 1. The summed E-state index contributed by atoms with van der Waals surface area (Å²) in [5.41, 5.74) is 0.874. The number of hydrogen-bond acceptors (Lipinski definition) is 1. The van der Waals surface area contributed by atoms with Crippen molar-refractivity contribution in [2.75, 3.05) is 13.1 Å². The van der Waals surface area contributed by atoms with Crippen molar-refractivity contribution in [3.63, 3.8) is 0 Å². The van der Waals surface area contributed by atoms with E-state index >= 15 is 0 Å². The van der Waals surface area contributed by atoms with Crippen molar-refractivity contribution in [3.05, 3.63) is 35.9 Å². The highest BCUT2D eigenvalue weighted by atomic mass is 16.1. The van der Waals surface area contributed by atoms with Gasteiger partial charge in [0.2, 0.25) is 0 Å². The van der Waals surface area contributed by atoms with E-state index in [9.17, 15) is 4.79 Å². The molecule has 1 fully saturated rings. The Morgan fingerprint density at radius 3 is 2.43 bits per heavy atom. The van der Waals surface area contributed by atoms with Gasteiger partial charge in [0.1, 0.15) is 0 Å². The topological polar surface area (TPSA) is 33.7 Å². The second kappa shape index (κ2) is 4.38. The molecular formula is C12H16NO+. The smallest absolute Gasteiger partial charge is 0.166 e. The number of piperidine rings is 1. The zero-order valence-electron chi connectivity index (χ0n) is 8.28. The minimum absolute atomic E-state index is 0.266. The molecule has 0 aromatic heterocycles. The quantitative estimate of drug-likeness (QED) is 0.689. The van der Waals surface area contributed by atoms with Crippen LogP contribution >= 0.6 is 0 Å². The Morgan fingerprint density at radius 1 is 1.14 bits per heavy atom. The first-order chi connectivity index (χ1) is 6.88. The molecule has 0 amide bonds. The van der Waals surface area contributed by atoms with Gasteiger partial charge in [-0.2, -0.15) is 0 Å². The lowest BCUT2D eigenvalue weighted by atomic mass is 9.90. The summed E-state index contributed by atoms with van der Waals surface area (Å²) in [5, 5.41) is 2.29. The van der Waals surface area contributed by atoms with Gasteiger partial charge < -0.3 is 5.32 Å². The normalized spacial score (nSPS) is 18.0. The fourth-order valence-electron chi connectivity index (χ4n) is 2.03. The van der Waals surface area contributed by atoms with Gasteiger partial charge in [-0.3, -0.25) is 4.79 Å². The van der Waals surface area contributed by atoms with E-state index < -0.39 is 0 Å². The van der Waals surface area contributed by atoms with E-state index in [1.165, 1.54) is 0 Å². The van der Waals surface area contributed by atoms with E-state index in [4.69, 9.17) is 0 Å². The summed E-state index contributed by atoms with van der Waals surface area (Å²) in [7, 11) is 0. The van der Waals surface area contributed by atoms with Gasteiger partial charge in [0, 0.05) is 24.3 Å². The van der Waals surface area contributed by atoms with Gasteiger partial charge >= 0.3 is 0 Å². The average molecular weight is 190 g/mol. The maximum atomic E-state index is 12.0. The molecule has 2 rings (SSSR count). The van der Waals surface area contributed by atoms with Crippen molar-refractivity contribution < 1.29 is 10.1 Å². The van der Waals surface area contributed by atoms with E-state index in [1.807, 2.05) is 30.3 Å². The van der Waals surface area contributed by atoms with Crippen LogP contribution in [0.3, 0.4) is 0 Å². The van der Waals surface area contributed by atoms with Gasteiger partial charge in [0.15, 0.2) is 5.78 Å². The van der Waals surface area contributed by atoms with E-state index in [0.717, 1.165) is 31.5 Å². The molecule has 1 aliphatic heterocycles. The monoisotopic (exact) mass is 190 g/mol. The molecule has 0 bridgehead atoms. The number of ketones is 1. The fraction of sp³-hybridized carbons (Fsp3) is 0.417. The first-order valence-corrected chi connectivity index (χ1v) is 5.29. The van der Waals surface area contributed by atoms with Gasteiger partial charge in [0.25, 0.3) is 0 Å². The molecule has 0 atom stereocenters. The highest BCUT2D eigenvalue weighted by Gasteiger charge is 2.23. The molecule has 0 aliphatic carbocycles. The Labute approximate surface area is 84.3 Å². The molecule has 1 aromatic rings. The Balaban J connectivity index is 2.07. The summed E-state index contributed by atoms with van der Waals surface area (Å²) in [6.45, 7) is 2.20. The number of quaternary nitrogens is 1. The van der Waals surface area contributed by atoms with Crippen LogP contribution in [0.25, 0.3) is 0 Å². The lowest BCUT2D eigenvalue weighted by molar-refractivity contribution is -0.663. The summed E-state index contributed by atoms with van der Waals surface area (Å²) in [5.74, 6) is 0.598. The summed E-state index contributed by atoms with van der Waals surface area (Å²) >= 11 is 0.